The number of aromatic nitrogens is 1. The predicted molar refractivity (Wildman–Crippen MR) is 66.5 cm³/mol. The number of rotatable bonds is 3. The van der Waals surface area contributed by atoms with Crippen molar-refractivity contribution < 1.29 is 4.79 Å². The van der Waals surface area contributed by atoms with E-state index < -0.39 is 0 Å². The molecule has 2 aromatic rings. The van der Waals surface area contributed by atoms with E-state index in [0.717, 1.165) is 34.0 Å². The highest BCUT2D eigenvalue weighted by Gasteiger charge is 2.06. The van der Waals surface area contributed by atoms with Crippen LogP contribution in [0.1, 0.15) is 25.9 Å². The zero-order valence-corrected chi connectivity index (χ0v) is 10.3. The van der Waals surface area contributed by atoms with Crippen LogP contribution in [0.5, 0.6) is 0 Å². The molecule has 0 saturated heterocycles. The smallest absolute Gasteiger partial charge is 0.161 e. The van der Waals surface area contributed by atoms with Gasteiger partial charge in [-0.1, -0.05) is 23.7 Å². The summed E-state index contributed by atoms with van der Waals surface area (Å²) in [6.45, 7) is 1.85. The van der Waals surface area contributed by atoms with Crippen molar-refractivity contribution in [2.75, 3.05) is 0 Å². The SMILES string of the molecule is Cc1nc(Cc2ccc(Cl)cc2)sc1C=O. The third-order valence-corrected chi connectivity index (χ3v) is 3.59. The van der Waals surface area contributed by atoms with Crippen LogP contribution < -0.4 is 0 Å². The standard InChI is InChI=1S/C12H10ClNOS/c1-8-11(7-15)16-12(14-8)6-9-2-4-10(13)5-3-9/h2-5,7H,6H2,1H3. The van der Waals surface area contributed by atoms with Gasteiger partial charge >= 0.3 is 0 Å². The molecular weight excluding hydrogens is 242 g/mol. The minimum absolute atomic E-state index is 0.712. The molecule has 0 unspecified atom stereocenters. The van der Waals surface area contributed by atoms with Gasteiger partial charge in [-0.15, -0.1) is 11.3 Å². The molecule has 2 nitrogen and oxygen atoms in total. The number of hydrogen-bond donors (Lipinski definition) is 0. The van der Waals surface area contributed by atoms with Crippen LogP contribution in [0.3, 0.4) is 0 Å². The first-order valence-corrected chi connectivity index (χ1v) is 6.04. The minimum Gasteiger partial charge on any atom is -0.297 e. The van der Waals surface area contributed by atoms with E-state index in [4.69, 9.17) is 11.6 Å². The quantitative estimate of drug-likeness (QED) is 0.782. The number of nitrogens with zero attached hydrogens (tertiary/aromatic N) is 1. The van der Waals surface area contributed by atoms with Crippen molar-refractivity contribution in [1.82, 2.24) is 4.98 Å². The highest BCUT2D eigenvalue weighted by atomic mass is 35.5. The van der Waals surface area contributed by atoms with Gasteiger partial charge in [0, 0.05) is 11.4 Å². The van der Waals surface area contributed by atoms with E-state index in [0.29, 0.717) is 4.88 Å². The summed E-state index contributed by atoms with van der Waals surface area (Å²) in [6, 6.07) is 7.66. The number of thiazole rings is 1. The third-order valence-electron chi connectivity index (χ3n) is 2.25. The predicted octanol–water partition coefficient (Wildman–Crippen LogP) is 3.51. The van der Waals surface area contributed by atoms with E-state index >= 15 is 0 Å². The van der Waals surface area contributed by atoms with Crippen molar-refractivity contribution in [3.63, 3.8) is 0 Å². The molecule has 0 amide bonds. The maximum absolute atomic E-state index is 10.7. The first-order valence-electron chi connectivity index (χ1n) is 4.85. The fraction of sp³-hybridized carbons (Fsp3) is 0.167. The Balaban J connectivity index is 2.20. The molecule has 2 rings (SSSR count). The van der Waals surface area contributed by atoms with E-state index in [1.165, 1.54) is 11.3 Å². The number of carbonyl (C=O) groups excluding carboxylic acids is 1. The van der Waals surface area contributed by atoms with Gasteiger partial charge in [-0.05, 0) is 24.6 Å². The minimum atomic E-state index is 0.712. The van der Waals surface area contributed by atoms with Crippen LogP contribution in [0.15, 0.2) is 24.3 Å². The van der Waals surface area contributed by atoms with E-state index in [2.05, 4.69) is 4.98 Å². The van der Waals surface area contributed by atoms with Crippen LogP contribution in [0, 0.1) is 6.92 Å². The Hall–Kier alpha value is -1.19. The number of halogens is 1. The lowest BCUT2D eigenvalue weighted by Crippen LogP contribution is -1.86. The fourth-order valence-corrected chi connectivity index (χ4v) is 2.47. The lowest BCUT2D eigenvalue weighted by atomic mass is 10.2. The van der Waals surface area contributed by atoms with Crippen LogP contribution in [0.25, 0.3) is 0 Å². The van der Waals surface area contributed by atoms with Crippen LogP contribution in [0.4, 0.5) is 0 Å². The van der Waals surface area contributed by atoms with Crippen molar-refractivity contribution in [2.45, 2.75) is 13.3 Å². The largest absolute Gasteiger partial charge is 0.297 e. The summed E-state index contributed by atoms with van der Waals surface area (Å²) in [4.78, 5) is 15.8. The van der Waals surface area contributed by atoms with Gasteiger partial charge in [-0.2, -0.15) is 0 Å². The molecule has 16 heavy (non-hydrogen) atoms. The summed E-state index contributed by atoms with van der Waals surface area (Å²) in [5, 5.41) is 1.69. The summed E-state index contributed by atoms with van der Waals surface area (Å²) in [7, 11) is 0. The molecule has 0 radical (unpaired) electrons. The second-order valence-electron chi connectivity index (χ2n) is 3.48. The van der Waals surface area contributed by atoms with E-state index in [1.807, 2.05) is 31.2 Å². The highest BCUT2D eigenvalue weighted by molar-refractivity contribution is 7.13. The highest BCUT2D eigenvalue weighted by Crippen LogP contribution is 2.20. The molecule has 82 valence electrons. The lowest BCUT2D eigenvalue weighted by Gasteiger charge is -1.97. The zero-order valence-electron chi connectivity index (χ0n) is 8.74. The number of carbonyl (C=O) groups is 1. The van der Waals surface area contributed by atoms with Gasteiger partial charge in [-0.3, -0.25) is 4.79 Å². The average molecular weight is 252 g/mol. The molecule has 0 aliphatic rings. The lowest BCUT2D eigenvalue weighted by molar-refractivity contribution is 0.112. The average Bonchev–Trinajstić information content (AvgIpc) is 2.62. The van der Waals surface area contributed by atoms with Gasteiger partial charge in [0.05, 0.1) is 15.6 Å². The second kappa shape index (κ2) is 4.76. The Morgan fingerprint density at radius 1 is 1.38 bits per heavy atom. The summed E-state index contributed by atoms with van der Waals surface area (Å²) in [6.07, 6.45) is 1.61. The molecular formula is C12H10ClNOS. The number of aryl methyl sites for hydroxylation is 1. The Morgan fingerprint density at radius 3 is 2.62 bits per heavy atom. The molecule has 0 aliphatic carbocycles. The van der Waals surface area contributed by atoms with Gasteiger partial charge in [0.2, 0.25) is 0 Å². The van der Waals surface area contributed by atoms with Crippen molar-refractivity contribution >= 4 is 29.2 Å². The molecule has 0 fully saturated rings. The molecule has 1 aromatic carbocycles. The molecule has 0 spiro atoms. The first kappa shape index (κ1) is 11.3. The Labute approximate surface area is 103 Å². The second-order valence-corrected chi connectivity index (χ2v) is 5.03. The van der Waals surface area contributed by atoms with Crippen molar-refractivity contribution in [3.8, 4) is 0 Å². The molecule has 0 bridgehead atoms. The molecule has 0 atom stereocenters. The Bertz CT molecular complexity index is 504. The summed E-state index contributed by atoms with van der Waals surface area (Å²) < 4.78 is 0. The number of hydrogen-bond acceptors (Lipinski definition) is 3. The maximum Gasteiger partial charge on any atom is 0.161 e. The van der Waals surface area contributed by atoms with Gasteiger partial charge < -0.3 is 0 Å². The van der Waals surface area contributed by atoms with Gasteiger partial charge in [0.15, 0.2) is 6.29 Å². The topological polar surface area (TPSA) is 30.0 Å². The summed E-state index contributed by atoms with van der Waals surface area (Å²) in [5.41, 5.74) is 1.96. The van der Waals surface area contributed by atoms with Crippen LogP contribution in [0.2, 0.25) is 5.02 Å². The Kier molecular flexibility index (Phi) is 3.36. The van der Waals surface area contributed by atoms with Crippen molar-refractivity contribution in [1.29, 1.82) is 0 Å². The molecule has 1 aromatic heterocycles. The van der Waals surface area contributed by atoms with E-state index in [-0.39, 0.29) is 0 Å². The first-order chi connectivity index (χ1) is 7.69. The van der Waals surface area contributed by atoms with Gasteiger partial charge in [-0.25, -0.2) is 4.98 Å². The van der Waals surface area contributed by atoms with Crippen molar-refractivity contribution in [2.24, 2.45) is 0 Å². The van der Waals surface area contributed by atoms with E-state index in [9.17, 15) is 4.79 Å². The van der Waals surface area contributed by atoms with Crippen LogP contribution in [-0.4, -0.2) is 11.3 Å². The van der Waals surface area contributed by atoms with Crippen molar-refractivity contribution in [3.05, 3.63) is 50.4 Å². The van der Waals surface area contributed by atoms with Gasteiger partial charge in [0.1, 0.15) is 0 Å². The number of benzene rings is 1. The molecule has 0 saturated carbocycles. The molecule has 0 aliphatic heterocycles. The van der Waals surface area contributed by atoms with Crippen LogP contribution in [-0.2, 0) is 6.42 Å². The third kappa shape index (κ3) is 2.49. The number of aldehydes is 1. The Morgan fingerprint density at radius 2 is 2.06 bits per heavy atom. The maximum atomic E-state index is 10.7. The van der Waals surface area contributed by atoms with E-state index in [1.54, 1.807) is 0 Å². The molecule has 4 heteroatoms. The fourth-order valence-electron chi connectivity index (χ4n) is 1.43. The van der Waals surface area contributed by atoms with Gasteiger partial charge in [0.25, 0.3) is 0 Å². The monoisotopic (exact) mass is 251 g/mol. The zero-order chi connectivity index (χ0) is 11.5. The summed E-state index contributed by atoms with van der Waals surface area (Å²) >= 11 is 7.25. The normalized spacial score (nSPS) is 10.4. The molecule has 1 heterocycles. The molecule has 0 N–H and O–H groups in total. The van der Waals surface area contributed by atoms with Crippen LogP contribution >= 0.6 is 22.9 Å². The summed E-state index contributed by atoms with van der Waals surface area (Å²) in [5.74, 6) is 0.